The average molecular weight is 441 g/mol. The third-order valence-corrected chi connectivity index (χ3v) is 5.58. The number of sulfonamides is 1. The molecule has 0 spiro atoms. The number of rotatable bonds is 7. The molecule has 1 aromatic carbocycles. The molecule has 0 aliphatic rings. The van der Waals surface area contributed by atoms with Crippen molar-refractivity contribution >= 4 is 55.0 Å². The van der Waals surface area contributed by atoms with Crippen LogP contribution in [0.1, 0.15) is 25.3 Å². The van der Waals surface area contributed by atoms with Gasteiger partial charge >= 0.3 is 0 Å². The summed E-state index contributed by atoms with van der Waals surface area (Å²) in [6, 6.07) is 5.21. The van der Waals surface area contributed by atoms with Gasteiger partial charge in [-0.1, -0.05) is 42.6 Å². The fourth-order valence-electron chi connectivity index (χ4n) is 1.90. The molecule has 0 amide bonds. The summed E-state index contributed by atoms with van der Waals surface area (Å²) in [5.41, 5.74) is 0.839. The molecule has 5 nitrogen and oxygen atoms in total. The van der Waals surface area contributed by atoms with Crippen molar-refractivity contribution in [2.75, 3.05) is 10.5 Å². The highest BCUT2D eigenvalue weighted by Gasteiger charge is 2.15. The maximum absolute atomic E-state index is 12.0. The van der Waals surface area contributed by atoms with Crippen molar-refractivity contribution in [1.82, 2.24) is 9.78 Å². The van der Waals surface area contributed by atoms with Gasteiger partial charge in [0.25, 0.3) is 0 Å². The Bertz CT molecular complexity index is 793. The van der Waals surface area contributed by atoms with E-state index in [1.165, 1.54) is 0 Å². The predicted molar refractivity (Wildman–Crippen MR) is 97.8 cm³/mol. The highest BCUT2D eigenvalue weighted by atomic mass is 79.9. The molecular formula is C14H16BrCl2N3O2S. The Labute approximate surface area is 154 Å². The first kappa shape index (κ1) is 18.6. The molecule has 0 aliphatic carbocycles. The van der Waals surface area contributed by atoms with E-state index in [1.807, 2.05) is 13.0 Å². The largest absolute Gasteiger partial charge is 0.265 e. The number of halogens is 3. The van der Waals surface area contributed by atoms with Gasteiger partial charge in [0, 0.05) is 16.2 Å². The van der Waals surface area contributed by atoms with E-state index in [9.17, 15) is 8.42 Å². The van der Waals surface area contributed by atoms with Crippen molar-refractivity contribution in [1.29, 1.82) is 0 Å². The Hall–Kier alpha value is -0.760. The van der Waals surface area contributed by atoms with Crippen molar-refractivity contribution in [2.45, 2.75) is 26.3 Å². The van der Waals surface area contributed by atoms with Gasteiger partial charge in [-0.15, -0.1) is 0 Å². The van der Waals surface area contributed by atoms with E-state index >= 15 is 0 Å². The van der Waals surface area contributed by atoms with Gasteiger partial charge in [-0.05, 0) is 40.0 Å². The van der Waals surface area contributed by atoms with Crippen molar-refractivity contribution in [3.8, 4) is 0 Å². The number of hydrogen-bond donors (Lipinski definition) is 1. The van der Waals surface area contributed by atoms with Gasteiger partial charge in [0.2, 0.25) is 10.0 Å². The number of anilines is 1. The van der Waals surface area contributed by atoms with E-state index in [2.05, 4.69) is 25.8 Å². The highest BCUT2D eigenvalue weighted by Crippen LogP contribution is 2.25. The molecule has 1 heterocycles. The lowest BCUT2D eigenvalue weighted by atomic mass is 10.2. The van der Waals surface area contributed by atoms with E-state index < -0.39 is 10.0 Å². The van der Waals surface area contributed by atoms with Gasteiger partial charge in [-0.25, -0.2) is 8.42 Å². The summed E-state index contributed by atoms with van der Waals surface area (Å²) in [7, 11) is -3.39. The minimum atomic E-state index is -3.39. The lowest BCUT2D eigenvalue weighted by Gasteiger charge is -2.06. The predicted octanol–water partition coefficient (Wildman–Crippen LogP) is 4.54. The number of benzene rings is 1. The van der Waals surface area contributed by atoms with Crippen LogP contribution >= 0.6 is 39.1 Å². The number of nitrogens with zero attached hydrogens (tertiary/aromatic N) is 2. The second-order valence-electron chi connectivity index (χ2n) is 5.03. The summed E-state index contributed by atoms with van der Waals surface area (Å²) >= 11 is 15.3. The van der Waals surface area contributed by atoms with Crippen LogP contribution in [0.15, 0.2) is 28.9 Å². The zero-order chi connectivity index (χ0) is 17.0. The van der Waals surface area contributed by atoms with Crippen molar-refractivity contribution in [2.24, 2.45) is 0 Å². The smallest absolute Gasteiger partial charge is 0.233 e. The van der Waals surface area contributed by atoms with Gasteiger partial charge in [0.1, 0.15) is 0 Å². The van der Waals surface area contributed by atoms with E-state index in [0.717, 1.165) is 12.0 Å². The fourth-order valence-corrected chi connectivity index (χ4v) is 4.13. The minimum absolute atomic E-state index is 0.0752. The molecule has 0 radical (unpaired) electrons. The standard InChI is InChI=1S/C14H16BrCl2N3O2S/c1-2-3-6-23(21,22)19-14-12(15)9-20(18-14)8-10-4-5-11(16)7-13(10)17/h4-5,7,9H,2-3,6,8H2,1H3,(H,18,19). The maximum Gasteiger partial charge on any atom is 0.233 e. The third-order valence-electron chi connectivity index (χ3n) is 3.08. The minimum Gasteiger partial charge on any atom is -0.265 e. The van der Waals surface area contributed by atoms with Gasteiger partial charge < -0.3 is 0 Å². The molecule has 126 valence electrons. The van der Waals surface area contributed by atoms with Crippen LogP contribution in [0.2, 0.25) is 10.0 Å². The topological polar surface area (TPSA) is 64.0 Å². The molecule has 0 saturated carbocycles. The van der Waals surface area contributed by atoms with E-state index in [4.69, 9.17) is 23.2 Å². The zero-order valence-electron chi connectivity index (χ0n) is 12.4. The van der Waals surface area contributed by atoms with Gasteiger partial charge in [0.15, 0.2) is 5.82 Å². The molecule has 0 fully saturated rings. The average Bonchev–Trinajstić information content (AvgIpc) is 2.79. The molecular weight excluding hydrogens is 425 g/mol. The monoisotopic (exact) mass is 439 g/mol. The molecule has 0 aliphatic heterocycles. The Balaban J connectivity index is 2.15. The molecule has 23 heavy (non-hydrogen) atoms. The summed E-state index contributed by atoms with van der Waals surface area (Å²) in [6.07, 6.45) is 3.11. The van der Waals surface area contributed by atoms with Gasteiger partial charge in [0.05, 0.1) is 16.8 Å². The van der Waals surface area contributed by atoms with Gasteiger partial charge in [-0.2, -0.15) is 5.10 Å². The molecule has 1 aromatic heterocycles. The van der Waals surface area contributed by atoms with Crippen LogP contribution in [-0.4, -0.2) is 24.0 Å². The van der Waals surface area contributed by atoms with Crippen molar-refractivity contribution in [3.63, 3.8) is 0 Å². The first-order valence-corrected chi connectivity index (χ1v) is 10.2. The lowest BCUT2D eigenvalue weighted by Crippen LogP contribution is -2.17. The summed E-state index contributed by atoms with van der Waals surface area (Å²) in [6.45, 7) is 2.35. The quantitative estimate of drug-likeness (QED) is 0.687. The van der Waals surface area contributed by atoms with Gasteiger partial charge in [-0.3, -0.25) is 9.40 Å². The summed E-state index contributed by atoms with van der Waals surface area (Å²) in [5, 5.41) is 5.35. The first-order valence-electron chi connectivity index (χ1n) is 6.98. The van der Waals surface area contributed by atoms with Crippen LogP contribution in [0.25, 0.3) is 0 Å². The summed E-state index contributed by atoms with van der Waals surface area (Å²) in [4.78, 5) is 0. The Morgan fingerprint density at radius 3 is 2.74 bits per heavy atom. The van der Waals surface area contributed by atoms with Crippen LogP contribution in [0.5, 0.6) is 0 Å². The van der Waals surface area contributed by atoms with E-state index in [1.54, 1.807) is 23.0 Å². The molecule has 9 heteroatoms. The first-order chi connectivity index (χ1) is 10.8. The summed E-state index contributed by atoms with van der Waals surface area (Å²) in [5.74, 6) is 0.345. The molecule has 1 N–H and O–H groups in total. The normalized spacial score (nSPS) is 11.7. The Morgan fingerprint density at radius 1 is 1.35 bits per heavy atom. The third kappa shape index (κ3) is 5.38. The highest BCUT2D eigenvalue weighted by molar-refractivity contribution is 9.10. The van der Waals surface area contributed by atoms with Crippen molar-refractivity contribution < 1.29 is 8.42 Å². The lowest BCUT2D eigenvalue weighted by molar-refractivity contribution is 0.597. The Morgan fingerprint density at radius 2 is 2.09 bits per heavy atom. The van der Waals surface area contributed by atoms with Crippen molar-refractivity contribution in [3.05, 3.63) is 44.5 Å². The second kappa shape index (κ2) is 7.88. The van der Waals surface area contributed by atoms with Crippen LogP contribution < -0.4 is 4.72 Å². The van der Waals surface area contributed by atoms with Crippen LogP contribution in [0.3, 0.4) is 0 Å². The van der Waals surface area contributed by atoms with E-state index in [0.29, 0.717) is 27.5 Å². The molecule has 0 atom stereocenters. The van der Waals surface area contributed by atoms with Crippen LogP contribution in [-0.2, 0) is 16.6 Å². The molecule has 0 unspecified atom stereocenters. The molecule has 2 aromatic rings. The zero-order valence-corrected chi connectivity index (χ0v) is 16.3. The number of unbranched alkanes of at least 4 members (excludes halogenated alkanes) is 1. The maximum atomic E-state index is 12.0. The number of nitrogens with one attached hydrogen (secondary N) is 1. The number of hydrogen-bond acceptors (Lipinski definition) is 3. The van der Waals surface area contributed by atoms with Crippen LogP contribution in [0.4, 0.5) is 5.82 Å². The number of aromatic nitrogens is 2. The van der Waals surface area contributed by atoms with E-state index in [-0.39, 0.29) is 11.6 Å². The summed E-state index contributed by atoms with van der Waals surface area (Å²) < 4.78 is 28.6. The SMILES string of the molecule is CCCCS(=O)(=O)Nc1nn(Cc2ccc(Cl)cc2Cl)cc1Br. The molecule has 0 saturated heterocycles. The Kier molecular flexibility index (Phi) is 6.36. The molecule has 2 rings (SSSR count). The van der Waals surface area contributed by atoms with Crippen LogP contribution in [0, 0.1) is 0 Å². The fraction of sp³-hybridized carbons (Fsp3) is 0.357. The molecule has 0 bridgehead atoms. The second-order valence-corrected chi connectivity index (χ2v) is 8.57.